The summed E-state index contributed by atoms with van der Waals surface area (Å²) in [6, 6.07) is 9.88. The summed E-state index contributed by atoms with van der Waals surface area (Å²) < 4.78 is 13.3. The number of aromatic nitrogens is 1. The molecule has 2 fully saturated rings. The number of hydrogen-bond acceptors (Lipinski definition) is 5. The number of piperidine rings is 1. The van der Waals surface area contributed by atoms with Crippen LogP contribution >= 0.6 is 15.9 Å². The number of carbonyl (C=O) groups excluding carboxylic acids is 2. The Morgan fingerprint density at radius 2 is 1.90 bits per heavy atom. The van der Waals surface area contributed by atoms with Crippen molar-refractivity contribution < 1.29 is 19.1 Å². The lowest BCUT2D eigenvalue weighted by molar-refractivity contribution is -0.139. The summed E-state index contributed by atoms with van der Waals surface area (Å²) in [4.78, 5) is 43.5. The van der Waals surface area contributed by atoms with E-state index in [2.05, 4.69) is 22.0 Å². The molecule has 40 heavy (non-hydrogen) atoms. The Labute approximate surface area is 245 Å². The Kier molecular flexibility index (Phi) is 9.56. The lowest BCUT2D eigenvalue weighted by atomic mass is 9.79. The largest absolute Gasteiger partial charge is 0.444 e. The van der Waals surface area contributed by atoms with Gasteiger partial charge in [-0.05, 0) is 86.9 Å². The van der Waals surface area contributed by atoms with Crippen LogP contribution in [0, 0.1) is 5.92 Å². The van der Waals surface area contributed by atoms with Crippen molar-refractivity contribution in [2.24, 2.45) is 13.0 Å². The fraction of sp³-hybridized carbons (Fsp3) is 0.516. The van der Waals surface area contributed by atoms with Crippen molar-refractivity contribution in [3.8, 4) is 0 Å². The van der Waals surface area contributed by atoms with E-state index in [-0.39, 0.29) is 30.0 Å². The van der Waals surface area contributed by atoms with Crippen LogP contribution in [0.4, 0.5) is 4.79 Å². The first-order valence-corrected chi connectivity index (χ1v) is 14.6. The Bertz CT molecular complexity index is 1310. The van der Waals surface area contributed by atoms with Crippen LogP contribution < -0.4 is 5.56 Å². The van der Waals surface area contributed by atoms with Gasteiger partial charge in [0.15, 0.2) is 0 Å². The number of benzene rings is 1. The van der Waals surface area contributed by atoms with Crippen LogP contribution in [0.2, 0.25) is 0 Å². The Morgan fingerprint density at radius 3 is 2.55 bits per heavy atom. The molecule has 0 N–H and O–H groups in total. The third-order valence-corrected chi connectivity index (χ3v) is 7.77. The molecule has 0 spiro atoms. The van der Waals surface area contributed by atoms with Gasteiger partial charge in [-0.3, -0.25) is 9.59 Å². The molecule has 2 aliphatic rings. The van der Waals surface area contributed by atoms with Gasteiger partial charge in [-0.25, -0.2) is 4.79 Å². The summed E-state index contributed by atoms with van der Waals surface area (Å²) in [6.07, 6.45) is 7.79. The monoisotopic (exact) mass is 613 g/mol. The maximum atomic E-state index is 14.4. The summed E-state index contributed by atoms with van der Waals surface area (Å²) in [5.74, 6) is -0.642. The molecule has 4 rings (SSSR count). The second kappa shape index (κ2) is 12.7. The van der Waals surface area contributed by atoms with Crippen LogP contribution in [-0.2, 0) is 27.9 Å². The molecule has 1 saturated carbocycles. The number of methoxy groups -OCH3 is 1. The zero-order valence-corrected chi connectivity index (χ0v) is 25.6. The molecule has 1 saturated heterocycles. The average molecular weight is 615 g/mol. The summed E-state index contributed by atoms with van der Waals surface area (Å²) in [5, 5.41) is 0. The lowest BCUT2D eigenvalue weighted by Gasteiger charge is -2.40. The van der Waals surface area contributed by atoms with Crippen molar-refractivity contribution in [3.05, 3.63) is 74.1 Å². The highest BCUT2D eigenvalue weighted by Gasteiger charge is 2.43. The smallest absolute Gasteiger partial charge is 0.410 e. The Balaban J connectivity index is 1.63. The molecule has 2 atom stereocenters. The molecule has 1 aliphatic carbocycles. The molecule has 0 radical (unpaired) electrons. The van der Waals surface area contributed by atoms with E-state index in [0.717, 1.165) is 34.0 Å². The number of carbonyl (C=O) groups is 2. The van der Waals surface area contributed by atoms with Crippen molar-refractivity contribution in [1.29, 1.82) is 0 Å². The highest BCUT2D eigenvalue weighted by Crippen LogP contribution is 2.38. The highest BCUT2D eigenvalue weighted by molar-refractivity contribution is 9.10. The highest BCUT2D eigenvalue weighted by atomic mass is 79.9. The predicted octanol–water partition coefficient (Wildman–Crippen LogP) is 5.34. The van der Waals surface area contributed by atoms with E-state index >= 15 is 0 Å². The van der Waals surface area contributed by atoms with Gasteiger partial charge < -0.3 is 23.8 Å². The van der Waals surface area contributed by atoms with Crippen LogP contribution in [0.5, 0.6) is 0 Å². The minimum atomic E-state index is -0.630. The molecule has 1 aromatic carbocycles. The summed E-state index contributed by atoms with van der Waals surface area (Å²) in [5.41, 5.74) is 2.15. The topological polar surface area (TPSA) is 81.1 Å². The Hall–Kier alpha value is -2.91. The predicted molar refractivity (Wildman–Crippen MR) is 159 cm³/mol. The molecular formula is C31H40BrN3O5. The van der Waals surface area contributed by atoms with E-state index in [1.54, 1.807) is 31.3 Å². The fourth-order valence-electron chi connectivity index (χ4n) is 5.21. The van der Waals surface area contributed by atoms with Crippen LogP contribution in [0.25, 0.3) is 6.08 Å². The van der Waals surface area contributed by atoms with Crippen molar-refractivity contribution in [1.82, 2.24) is 14.4 Å². The maximum Gasteiger partial charge on any atom is 0.410 e. The summed E-state index contributed by atoms with van der Waals surface area (Å²) >= 11 is 3.62. The molecule has 0 bridgehead atoms. The van der Waals surface area contributed by atoms with E-state index < -0.39 is 17.6 Å². The molecule has 2 aromatic rings. The van der Waals surface area contributed by atoms with Crippen LogP contribution in [0.1, 0.15) is 62.6 Å². The van der Waals surface area contributed by atoms with Crippen molar-refractivity contribution in [2.45, 2.75) is 64.1 Å². The van der Waals surface area contributed by atoms with E-state index in [0.29, 0.717) is 26.1 Å². The van der Waals surface area contributed by atoms with Crippen molar-refractivity contribution in [3.63, 3.8) is 0 Å². The quantitative estimate of drug-likeness (QED) is 0.401. The van der Waals surface area contributed by atoms with Gasteiger partial charge in [0.05, 0.1) is 12.5 Å². The first kappa shape index (κ1) is 30.1. The molecule has 216 valence electrons. The average Bonchev–Trinajstić information content (AvgIpc) is 3.72. The van der Waals surface area contributed by atoms with Gasteiger partial charge in [-0.1, -0.05) is 28.1 Å². The third-order valence-electron chi connectivity index (χ3n) is 7.31. The van der Waals surface area contributed by atoms with Gasteiger partial charge in [0.1, 0.15) is 5.60 Å². The Morgan fingerprint density at radius 1 is 1.15 bits per heavy atom. The normalized spacial score (nSPS) is 19.6. The number of likely N-dealkylation sites (tertiary alicyclic amines) is 1. The number of pyridine rings is 1. The number of nitrogens with zero attached hydrogens (tertiary/aromatic N) is 3. The van der Waals surface area contributed by atoms with Gasteiger partial charge in [-0.15, -0.1) is 0 Å². The minimum Gasteiger partial charge on any atom is -0.444 e. The minimum absolute atomic E-state index is 0.0119. The van der Waals surface area contributed by atoms with Gasteiger partial charge in [0, 0.05) is 56.6 Å². The van der Waals surface area contributed by atoms with E-state index in [4.69, 9.17) is 9.47 Å². The lowest BCUT2D eigenvalue weighted by Crippen LogP contribution is -2.51. The standard InChI is InChI=1S/C31H40BrN3O5/c1-31(2,3)40-30(38)34-13-11-26(23-10-12-33(4)28(36)18-23)27(20-34)29(37)35(25-8-9-25)19-22-15-21(7-6-14-39-5)16-24(32)17-22/h6-7,10,12,15-18,25-27H,8-9,11,13-14,19-20H2,1-5H3/b7-6+/t26-,27+/m1/s1. The first-order chi connectivity index (χ1) is 18.9. The zero-order chi connectivity index (χ0) is 29.0. The number of rotatable bonds is 8. The number of amides is 2. The van der Waals surface area contributed by atoms with E-state index in [1.165, 1.54) is 4.57 Å². The van der Waals surface area contributed by atoms with Crippen molar-refractivity contribution >= 4 is 34.0 Å². The van der Waals surface area contributed by atoms with E-state index in [1.807, 2.05) is 56.0 Å². The third kappa shape index (κ3) is 7.85. The van der Waals surface area contributed by atoms with E-state index in [9.17, 15) is 14.4 Å². The number of hydrogen-bond donors (Lipinski definition) is 0. The number of ether oxygens (including phenoxy) is 2. The zero-order valence-electron chi connectivity index (χ0n) is 24.1. The van der Waals surface area contributed by atoms with Gasteiger partial charge in [0.25, 0.3) is 5.56 Å². The van der Waals surface area contributed by atoms with Gasteiger partial charge in [-0.2, -0.15) is 0 Å². The van der Waals surface area contributed by atoms with Crippen LogP contribution in [0.3, 0.4) is 0 Å². The first-order valence-electron chi connectivity index (χ1n) is 13.8. The van der Waals surface area contributed by atoms with Crippen LogP contribution in [-0.4, -0.2) is 64.8 Å². The fourth-order valence-corrected chi connectivity index (χ4v) is 5.77. The number of halogens is 1. The molecular weight excluding hydrogens is 574 g/mol. The second-order valence-electron chi connectivity index (χ2n) is 11.8. The molecule has 2 amide bonds. The molecule has 2 heterocycles. The molecule has 1 aromatic heterocycles. The molecule has 9 heteroatoms. The number of aryl methyl sites for hydroxylation is 1. The molecule has 8 nitrogen and oxygen atoms in total. The maximum absolute atomic E-state index is 14.4. The van der Waals surface area contributed by atoms with Gasteiger partial charge >= 0.3 is 6.09 Å². The SMILES string of the molecule is COC/C=C/c1cc(Br)cc(CN(C(=O)[C@H]2CN(C(=O)OC(C)(C)C)CC[C@@H]2c2ccn(C)c(=O)c2)C2CC2)c1. The van der Waals surface area contributed by atoms with Crippen LogP contribution in [0.15, 0.2) is 51.9 Å². The molecule has 0 unspecified atom stereocenters. The summed E-state index contributed by atoms with van der Waals surface area (Å²) in [6.45, 7) is 7.22. The van der Waals surface area contributed by atoms with Gasteiger partial charge in [0.2, 0.25) is 5.91 Å². The second-order valence-corrected chi connectivity index (χ2v) is 12.7. The molecule has 1 aliphatic heterocycles. The van der Waals surface area contributed by atoms with Crippen molar-refractivity contribution in [2.75, 3.05) is 26.8 Å². The summed E-state index contributed by atoms with van der Waals surface area (Å²) in [7, 11) is 3.37.